The lowest BCUT2D eigenvalue weighted by atomic mass is 10.1. The Bertz CT molecular complexity index is 1210. The number of aryl methyl sites for hydroxylation is 1. The smallest absolute Gasteiger partial charge is 0.258 e. The van der Waals surface area contributed by atoms with Crippen LogP contribution < -0.4 is 10.1 Å². The number of aromatic nitrogens is 3. The van der Waals surface area contributed by atoms with Crippen LogP contribution in [0.4, 0.5) is 5.95 Å². The molecule has 5 rings (SSSR count). The van der Waals surface area contributed by atoms with Gasteiger partial charge in [-0.05, 0) is 55.7 Å². The van der Waals surface area contributed by atoms with Gasteiger partial charge in [0.15, 0.2) is 0 Å². The molecule has 0 fully saturated rings. The van der Waals surface area contributed by atoms with Gasteiger partial charge < -0.3 is 9.30 Å². The lowest BCUT2D eigenvalue weighted by molar-refractivity contribution is 0.102. The monoisotopic (exact) mass is 398 g/mol. The number of imidazole rings is 1. The van der Waals surface area contributed by atoms with Crippen LogP contribution in [0.15, 0.2) is 66.9 Å². The van der Waals surface area contributed by atoms with Crippen molar-refractivity contribution in [3.8, 4) is 17.0 Å². The first-order valence-corrected chi connectivity index (χ1v) is 10.2. The predicted octanol–water partition coefficient (Wildman–Crippen LogP) is 4.91. The van der Waals surface area contributed by atoms with E-state index in [4.69, 9.17) is 4.74 Å². The highest BCUT2D eigenvalue weighted by Crippen LogP contribution is 2.29. The summed E-state index contributed by atoms with van der Waals surface area (Å²) in [4.78, 5) is 22.2. The normalized spacial score (nSPS) is 14.6. The first-order chi connectivity index (χ1) is 14.8. The Kier molecular flexibility index (Phi) is 4.89. The van der Waals surface area contributed by atoms with Crippen LogP contribution in [-0.4, -0.2) is 27.0 Å². The largest absolute Gasteiger partial charge is 0.493 e. The van der Waals surface area contributed by atoms with Crippen LogP contribution >= 0.6 is 0 Å². The van der Waals surface area contributed by atoms with Crippen molar-refractivity contribution in [2.24, 2.45) is 0 Å². The second-order valence-electron chi connectivity index (χ2n) is 7.36. The first kappa shape index (κ1) is 18.4. The number of carbonyl (C=O) groups is 1. The molecule has 6 heteroatoms. The SMILES string of the molecule is O=C1Nc2nc3ccccc3n2CCCCCOc2ccccc2-c2cc1ccn2. The molecule has 0 saturated carbocycles. The van der Waals surface area contributed by atoms with Crippen LogP contribution in [0.5, 0.6) is 5.75 Å². The van der Waals surface area contributed by atoms with Crippen LogP contribution in [0, 0.1) is 0 Å². The van der Waals surface area contributed by atoms with Crippen LogP contribution in [-0.2, 0) is 6.54 Å². The lowest BCUT2D eigenvalue weighted by Crippen LogP contribution is -2.16. The number of ether oxygens (including phenoxy) is 1. The molecule has 0 spiro atoms. The number of benzene rings is 2. The molecule has 0 atom stereocenters. The van der Waals surface area contributed by atoms with Crippen molar-refractivity contribution in [2.45, 2.75) is 25.8 Å². The summed E-state index contributed by atoms with van der Waals surface area (Å²) < 4.78 is 8.14. The number of nitrogens with zero attached hydrogens (tertiary/aromatic N) is 3. The molecule has 0 aliphatic carbocycles. The van der Waals surface area contributed by atoms with Gasteiger partial charge in [-0.15, -0.1) is 0 Å². The molecule has 1 N–H and O–H groups in total. The summed E-state index contributed by atoms with van der Waals surface area (Å²) in [5.41, 5.74) is 4.02. The maximum atomic E-state index is 13.0. The van der Waals surface area contributed by atoms with E-state index in [1.807, 2.05) is 48.5 Å². The highest BCUT2D eigenvalue weighted by molar-refractivity contribution is 6.04. The maximum Gasteiger partial charge on any atom is 0.258 e. The predicted molar refractivity (Wildman–Crippen MR) is 117 cm³/mol. The van der Waals surface area contributed by atoms with Crippen LogP contribution in [0.3, 0.4) is 0 Å². The number of hydrogen-bond donors (Lipinski definition) is 1. The third-order valence-electron chi connectivity index (χ3n) is 5.35. The van der Waals surface area contributed by atoms with Gasteiger partial charge in [0, 0.05) is 23.9 Å². The van der Waals surface area contributed by atoms with Gasteiger partial charge in [0.05, 0.1) is 23.3 Å². The van der Waals surface area contributed by atoms with E-state index in [0.717, 1.165) is 48.2 Å². The van der Waals surface area contributed by atoms with Crippen LogP contribution in [0.2, 0.25) is 0 Å². The first-order valence-electron chi connectivity index (χ1n) is 10.2. The van der Waals surface area contributed by atoms with Crippen LogP contribution in [0.25, 0.3) is 22.3 Å². The van der Waals surface area contributed by atoms with Crippen molar-refractivity contribution >= 4 is 22.9 Å². The van der Waals surface area contributed by atoms with E-state index in [1.165, 1.54) is 0 Å². The lowest BCUT2D eigenvalue weighted by Gasteiger charge is -2.11. The van der Waals surface area contributed by atoms with E-state index in [9.17, 15) is 4.79 Å². The van der Waals surface area contributed by atoms with Crippen molar-refractivity contribution in [1.29, 1.82) is 0 Å². The molecule has 2 aromatic heterocycles. The minimum atomic E-state index is -0.205. The van der Waals surface area contributed by atoms with Gasteiger partial charge in [-0.2, -0.15) is 0 Å². The molecule has 3 heterocycles. The van der Waals surface area contributed by atoms with E-state index in [-0.39, 0.29) is 5.91 Å². The minimum absolute atomic E-state index is 0.205. The molecule has 150 valence electrons. The Labute approximate surface area is 174 Å². The maximum absolute atomic E-state index is 13.0. The van der Waals surface area contributed by atoms with E-state index in [2.05, 4.69) is 19.9 Å². The topological polar surface area (TPSA) is 69.0 Å². The Balaban J connectivity index is 1.57. The fraction of sp³-hybridized carbons (Fsp3) is 0.208. The number of hydrogen-bond acceptors (Lipinski definition) is 4. The Morgan fingerprint density at radius 3 is 2.80 bits per heavy atom. The number of fused-ring (bicyclic) bond motifs is 7. The van der Waals surface area contributed by atoms with Crippen molar-refractivity contribution in [2.75, 3.05) is 11.9 Å². The number of amides is 1. The molecular weight excluding hydrogens is 376 g/mol. The van der Waals surface area contributed by atoms with Crippen molar-refractivity contribution in [3.63, 3.8) is 0 Å². The number of pyridine rings is 1. The van der Waals surface area contributed by atoms with E-state index in [1.54, 1.807) is 18.3 Å². The number of nitrogens with one attached hydrogen (secondary N) is 1. The molecule has 1 amide bonds. The second kappa shape index (κ2) is 7.99. The quantitative estimate of drug-likeness (QED) is 0.457. The van der Waals surface area contributed by atoms with Gasteiger partial charge >= 0.3 is 0 Å². The fourth-order valence-electron chi connectivity index (χ4n) is 3.83. The average molecular weight is 398 g/mol. The third kappa shape index (κ3) is 3.52. The highest BCUT2D eigenvalue weighted by Gasteiger charge is 2.16. The highest BCUT2D eigenvalue weighted by atomic mass is 16.5. The molecule has 6 nitrogen and oxygen atoms in total. The minimum Gasteiger partial charge on any atom is -0.493 e. The van der Waals surface area contributed by atoms with Gasteiger partial charge in [0.2, 0.25) is 5.95 Å². The second-order valence-corrected chi connectivity index (χ2v) is 7.36. The fourth-order valence-corrected chi connectivity index (χ4v) is 3.83. The average Bonchev–Trinajstić information content (AvgIpc) is 3.13. The molecule has 2 bridgehead atoms. The standard InChI is InChI=1S/C24H22N4O2/c29-23-17-12-13-25-20(16-17)18-8-2-5-11-22(18)30-15-7-1-6-14-28-21-10-4-3-9-19(21)26-24(28)27-23/h2-5,8-13,16H,1,6-7,14-15H2,(H,26,27,29). The van der Waals surface area contributed by atoms with E-state index >= 15 is 0 Å². The molecule has 0 unspecified atom stereocenters. The van der Waals surface area contributed by atoms with Crippen molar-refractivity contribution in [3.05, 3.63) is 72.4 Å². The molecular formula is C24H22N4O2. The van der Waals surface area contributed by atoms with Gasteiger partial charge in [-0.1, -0.05) is 24.3 Å². The van der Waals surface area contributed by atoms with Gasteiger partial charge in [-0.25, -0.2) is 4.98 Å². The third-order valence-corrected chi connectivity index (χ3v) is 5.35. The zero-order chi connectivity index (χ0) is 20.3. The van der Waals surface area contributed by atoms with Gasteiger partial charge in [-0.3, -0.25) is 15.1 Å². The van der Waals surface area contributed by atoms with E-state index in [0.29, 0.717) is 23.8 Å². The van der Waals surface area contributed by atoms with Crippen molar-refractivity contribution < 1.29 is 9.53 Å². The summed E-state index contributed by atoms with van der Waals surface area (Å²) in [6.45, 7) is 1.43. The molecule has 0 radical (unpaired) electrons. The van der Waals surface area contributed by atoms with Crippen LogP contribution in [0.1, 0.15) is 29.6 Å². The summed E-state index contributed by atoms with van der Waals surface area (Å²) in [5, 5.41) is 3.01. The number of carbonyl (C=O) groups excluding carboxylic acids is 1. The number of para-hydroxylation sites is 3. The Morgan fingerprint density at radius 2 is 1.83 bits per heavy atom. The zero-order valence-corrected chi connectivity index (χ0v) is 16.5. The van der Waals surface area contributed by atoms with Gasteiger partial charge in [0.25, 0.3) is 5.91 Å². The molecule has 2 aromatic carbocycles. The van der Waals surface area contributed by atoms with Gasteiger partial charge in [0.1, 0.15) is 5.75 Å². The summed E-state index contributed by atoms with van der Waals surface area (Å²) >= 11 is 0. The molecule has 1 aliphatic rings. The zero-order valence-electron chi connectivity index (χ0n) is 16.5. The Morgan fingerprint density at radius 1 is 0.967 bits per heavy atom. The molecule has 30 heavy (non-hydrogen) atoms. The Hall–Kier alpha value is -3.67. The molecule has 1 aliphatic heterocycles. The molecule has 4 aromatic rings. The van der Waals surface area contributed by atoms with E-state index < -0.39 is 0 Å². The summed E-state index contributed by atoms with van der Waals surface area (Å²) in [6.07, 6.45) is 4.61. The van der Waals surface area contributed by atoms with Crippen molar-refractivity contribution in [1.82, 2.24) is 14.5 Å². The summed E-state index contributed by atoms with van der Waals surface area (Å²) in [5.74, 6) is 1.16. The number of rotatable bonds is 0. The summed E-state index contributed by atoms with van der Waals surface area (Å²) in [7, 11) is 0. The summed E-state index contributed by atoms with van der Waals surface area (Å²) in [6, 6.07) is 19.3. The molecule has 0 saturated heterocycles. The number of anilines is 1.